The lowest BCUT2D eigenvalue weighted by atomic mass is 10.1. The maximum absolute atomic E-state index is 11.8. The van der Waals surface area contributed by atoms with Gasteiger partial charge >= 0.3 is 0 Å². The molecule has 0 fully saturated rings. The summed E-state index contributed by atoms with van der Waals surface area (Å²) in [7, 11) is -1.48. The first-order valence-electron chi connectivity index (χ1n) is 6.03. The van der Waals surface area contributed by atoms with Crippen molar-refractivity contribution in [1.29, 1.82) is 0 Å². The predicted octanol–water partition coefficient (Wildman–Crippen LogP) is 2.74. The van der Waals surface area contributed by atoms with E-state index in [1.165, 1.54) is 11.6 Å². The highest BCUT2D eigenvalue weighted by Crippen LogP contribution is 2.17. The van der Waals surface area contributed by atoms with Crippen LogP contribution >= 0.6 is 15.9 Å². The van der Waals surface area contributed by atoms with Gasteiger partial charge in [-0.05, 0) is 24.0 Å². The van der Waals surface area contributed by atoms with Gasteiger partial charge in [0.2, 0.25) is 0 Å². The first kappa shape index (κ1) is 16.4. The van der Waals surface area contributed by atoms with Crippen LogP contribution in [-0.2, 0) is 27.4 Å². The van der Waals surface area contributed by atoms with E-state index in [2.05, 4.69) is 22.5 Å². The Morgan fingerprint density at radius 3 is 2.42 bits per heavy atom. The molecule has 3 nitrogen and oxygen atoms in total. The molecule has 1 aromatic carbocycles. The molecular weight excluding hydrogens is 328 g/mol. The van der Waals surface area contributed by atoms with Crippen molar-refractivity contribution in [2.75, 3.05) is 19.5 Å². The quantitative estimate of drug-likeness (QED) is 0.537. The summed E-state index contributed by atoms with van der Waals surface area (Å²) in [4.78, 5) is 0. The number of methoxy groups -OCH3 is 1. The van der Waals surface area contributed by atoms with Gasteiger partial charge in [-0.15, -0.1) is 6.58 Å². The van der Waals surface area contributed by atoms with Gasteiger partial charge in [0.15, 0.2) is 9.84 Å². The summed E-state index contributed by atoms with van der Waals surface area (Å²) in [5.41, 5.74) is 2.18. The third kappa shape index (κ3) is 5.47. The van der Waals surface area contributed by atoms with Crippen molar-refractivity contribution in [3.05, 3.63) is 48.0 Å². The second-order valence-electron chi connectivity index (χ2n) is 4.29. The summed E-state index contributed by atoms with van der Waals surface area (Å²) in [6.07, 6.45) is 2.74. The number of alkyl halides is 1. The average molecular weight is 347 g/mol. The summed E-state index contributed by atoms with van der Waals surface area (Å²) in [5, 5.41) is 0. The number of halogens is 1. The summed E-state index contributed by atoms with van der Waals surface area (Å²) < 4.78 is 28.1. The first-order chi connectivity index (χ1) is 8.99. The molecule has 1 atom stereocenters. The summed E-state index contributed by atoms with van der Waals surface area (Å²) in [6, 6.07) is 7.94. The van der Waals surface area contributed by atoms with Crippen LogP contribution in [0.3, 0.4) is 0 Å². The second-order valence-corrected chi connectivity index (χ2v) is 8.23. The normalized spacial score (nSPS) is 13.2. The molecule has 0 aliphatic carbocycles. The molecule has 0 aliphatic rings. The van der Waals surface area contributed by atoms with Crippen LogP contribution in [0.2, 0.25) is 0 Å². The predicted molar refractivity (Wildman–Crippen MR) is 82.4 cm³/mol. The molecule has 19 heavy (non-hydrogen) atoms. The van der Waals surface area contributed by atoms with Crippen molar-refractivity contribution in [3.8, 4) is 0 Å². The topological polar surface area (TPSA) is 43.4 Å². The monoisotopic (exact) mass is 346 g/mol. The first-order valence-corrected chi connectivity index (χ1v) is 8.66. The molecule has 5 heteroatoms. The molecule has 0 aliphatic heterocycles. The largest absolute Gasteiger partial charge is 0.384 e. The zero-order valence-electron chi connectivity index (χ0n) is 11.0. The molecule has 0 N–H and O–H groups in total. The zero-order valence-corrected chi connectivity index (χ0v) is 13.4. The Bertz CT molecular complexity index is 494. The number of benzene rings is 1. The molecule has 0 bridgehead atoms. The van der Waals surface area contributed by atoms with Crippen molar-refractivity contribution >= 4 is 25.8 Å². The van der Waals surface area contributed by atoms with Crippen LogP contribution in [0.1, 0.15) is 11.1 Å². The molecule has 1 aromatic rings. The Hall–Kier alpha value is -0.650. The van der Waals surface area contributed by atoms with E-state index in [9.17, 15) is 8.42 Å². The zero-order chi connectivity index (χ0) is 14.3. The van der Waals surface area contributed by atoms with E-state index in [1.807, 2.05) is 24.3 Å². The van der Waals surface area contributed by atoms with Crippen LogP contribution in [0.4, 0.5) is 0 Å². The highest BCUT2D eigenvalue weighted by atomic mass is 79.9. The molecule has 1 rings (SSSR count). The average Bonchev–Trinajstić information content (AvgIpc) is 2.38. The van der Waals surface area contributed by atoms with E-state index in [-0.39, 0.29) is 5.75 Å². The number of ether oxygens (including phenoxy) is 1. The van der Waals surface area contributed by atoms with Crippen LogP contribution in [0.25, 0.3) is 0 Å². The van der Waals surface area contributed by atoms with Gasteiger partial charge in [-0.25, -0.2) is 8.42 Å². The molecule has 1 unspecified atom stereocenters. The molecular formula is C14H19BrO3S. The standard InChI is InChI=1S/C14H19BrO3S/c1-3-10-19(16,17)14(15)11-13-6-4-12(5-7-13)8-9-18-2/h3-7,14H,1,8-11H2,2H3. The molecule has 0 radical (unpaired) electrons. The van der Waals surface area contributed by atoms with Gasteiger partial charge in [0.1, 0.15) is 4.16 Å². The molecule has 0 amide bonds. The third-order valence-electron chi connectivity index (χ3n) is 2.75. The maximum Gasteiger partial charge on any atom is 0.166 e. The lowest BCUT2D eigenvalue weighted by Crippen LogP contribution is -2.19. The van der Waals surface area contributed by atoms with E-state index in [0.29, 0.717) is 13.0 Å². The molecule has 0 saturated heterocycles. The van der Waals surface area contributed by atoms with Gasteiger partial charge in [0.25, 0.3) is 0 Å². The van der Waals surface area contributed by atoms with Crippen molar-refractivity contribution in [1.82, 2.24) is 0 Å². The molecule has 0 saturated carbocycles. The van der Waals surface area contributed by atoms with Crippen LogP contribution in [0.5, 0.6) is 0 Å². The lowest BCUT2D eigenvalue weighted by Gasteiger charge is -2.10. The molecule has 0 aromatic heterocycles. The van der Waals surface area contributed by atoms with Gasteiger partial charge in [-0.3, -0.25) is 0 Å². The third-order valence-corrected chi connectivity index (χ3v) is 6.43. The lowest BCUT2D eigenvalue weighted by molar-refractivity contribution is 0.202. The molecule has 0 heterocycles. The highest BCUT2D eigenvalue weighted by Gasteiger charge is 2.21. The van der Waals surface area contributed by atoms with Gasteiger partial charge in [0.05, 0.1) is 12.4 Å². The minimum absolute atomic E-state index is 0.00512. The number of sulfone groups is 1. The fraction of sp³-hybridized carbons (Fsp3) is 0.429. The minimum atomic E-state index is -3.15. The Kier molecular flexibility index (Phi) is 6.75. The SMILES string of the molecule is C=CCS(=O)(=O)C(Br)Cc1ccc(CCOC)cc1. The van der Waals surface area contributed by atoms with E-state index in [4.69, 9.17) is 4.74 Å². The molecule has 106 valence electrons. The van der Waals surface area contributed by atoms with E-state index in [1.54, 1.807) is 7.11 Å². The van der Waals surface area contributed by atoms with Crippen LogP contribution in [0.15, 0.2) is 36.9 Å². The Morgan fingerprint density at radius 2 is 1.89 bits per heavy atom. The van der Waals surface area contributed by atoms with Crippen LogP contribution < -0.4 is 0 Å². The fourth-order valence-corrected chi connectivity index (χ4v) is 3.46. The van der Waals surface area contributed by atoms with Gasteiger partial charge in [-0.2, -0.15) is 0 Å². The van der Waals surface area contributed by atoms with E-state index in [0.717, 1.165) is 12.0 Å². The van der Waals surface area contributed by atoms with Crippen molar-refractivity contribution in [3.63, 3.8) is 0 Å². The summed E-state index contributed by atoms with van der Waals surface area (Å²) in [5.74, 6) is -0.00512. The molecule has 0 spiro atoms. The fourth-order valence-electron chi connectivity index (χ4n) is 1.64. The number of rotatable bonds is 8. The van der Waals surface area contributed by atoms with Crippen molar-refractivity contribution < 1.29 is 13.2 Å². The highest BCUT2D eigenvalue weighted by molar-refractivity contribution is 9.11. The maximum atomic E-state index is 11.8. The number of hydrogen-bond donors (Lipinski definition) is 0. The van der Waals surface area contributed by atoms with Gasteiger partial charge in [-0.1, -0.05) is 46.3 Å². The number of hydrogen-bond acceptors (Lipinski definition) is 3. The smallest absolute Gasteiger partial charge is 0.166 e. The minimum Gasteiger partial charge on any atom is -0.384 e. The summed E-state index contributed by atoms with van der Waals surface area (Å²) in [6.45, 7) is 4.15. The van der Waals surface area contributed by atoms with Gasteiger partial charge in [0, 0.05) is 7.11 Å². The Labute approximate surface area is 123 Å². The van der Waals surface area contributed by atoms with E-state index < -0.39 is 14.0 Å². The van der Waals surface area contributed by atoms with Gasteiger partial charge < -0.3 is 4.74 Å². The van der Waals surface area contributed by atoms with Crippen LogP contribution in [-0.4, -0.2) is 32.0 Å². The van der Waals surface area contributed by atoms with Crippen LogP contribution in [0, 0.1) is 0 Å². The Balaban J connectivity index is 2.65. The van der Waals surface area contributed by atoms with E-state index >= 15 is 0 Å². The van der Waals surface area contributed by atoms with Crippen molar-refractivity contribution in [2.24, 2.45) is 0 Å². The second kappa shape index (κ2) is 7.82. The summed E-state index contributed by atoms with van der Waals surface area (Å²) >= 11 is 3.24. The Morgan fingerprint density at radius 1 is 1.32 bits per heavy atom. The van der Waals surface area contributed by atoms with Crippen molar-refractivity contribution in [2.45, 2.75) is 17.0 Å².